The maximum atomic E-state index is 11.3. The van der Waals surface area contributed by atoms with Gasteiger partial charge in [0.2, 0.25) is 5.78 Å². The molecule has 0 saturated carbocycles. The third-order valence-electron chi connectivity index (χ3n) is 1.96. The van der Waals surface area contributed by atoms with E-state index in [9.17, 15) is 9.59 Å². The summed E-state index contributed by atoms with van der Waals surface area (Å²) in [5.74, 6) is -2.20. The molecule has 74 valence electrons. The van der Waals surface area contributed by atoms with Crippen molar-refractivity contribution in [1.82, 2.24) is 0 Å². The molecule has 0 aliphatic carbocycles. The van der Waals surface area contributed by atoms with E-state index in [1.165, 1.54) is 0 Å². The standard InChI is InChI=1S/C10H9ClO3/c1-7(9(12)10(13)14-11)8-5-3-2-4-6-8/h2-7H,1H3. The molecule has 4 heteroatoms. The monoisotopic (exact) mass is 212 g/mol. The molecule has 0 N–H and O–H groups in total. The zero-order valence-corrected chi connectivity index (χ0v) is 8.32. The van der Waals surface area contributed by atoms with E-state index in [4.69, 9.17) is 11.9 Å². The summed E-state index contributed by atoms with van der Waals surface area (Å²) in [7, 11) is 0. The second kappa shape index (κ2) is 4.77. The van der Waals surface area contributed by atoms with Crippen LogP contribution in [0.4, 0.5) is 0 Å². The van der Waals surface area contributed by atoms with Crippen molar-refractivity contribution in [3.8, 4) is 0 Å². The number of carbonyl (C=O) groups is 2. The Morgan fingerprint density at radius 1 is 1.29 bits per heavy atom. The van der Waals surface area contributed by atoms with Crippen LogP contribution in [0, 0.1) is 0 Å². The fourth-order valence-corrected chi connectivity index (χ4v) is 1.18. The van der Waals surface area contributed by atoms with Gasteiger partial charge in [-0.2, -0.15) is 0 Å². The van der Waals surface area contributed by atoms with E-state index in [0.717, 1.165) is 5.56 Å². The molecule has 1 atom stereocenters. The van der Waals surface area contributed by atoms with Gasteiger partial charge in [0, 0.05) is 0 Å². The van der Waals surface area contributed by atoms with E-state index in [1.54, 1.807) is 31.2 Å². The number of hydrogen-bond acceptors (Lipinski definition) is 3. The van der Waals surface area contributed by atoms with Crippen molar-refractivity contribution in [1.29, 1.82) is 0 Å². The highest BCUT2D eigenvalue weighted by Crippen LogP contribution is 2.16. The first-order valence-electron chi connectivity index (χ1n) is 4.08. The summed E-state index contributed by atoms with van der Waals surface area (Å²) in [6, 6.07) is 8.96. The molecule has 0 spiro atoms. The van der Waals surface area contributed by atoms with E-state index >= 15 is 0 Å². The van der Waals surface area contributed by atoms with Crippen molar-refractivity contribution in [3.63, 3.8) is 0 Å². The third kappa shape index (κ3) is 2.33. The van der Waals surface area contributed by atoms with Gasteiger partial charge in [-0.3, -0.25) is 4.79 Å². The second-order valence-electron chi connectivity index (χ2n) is 2.86. The van der Waals surface area contributed by atoms with Crippen LogP contribution in [0.25, 0.3) is 0 Å². The number of halogens is 1. The number of ketones is 1. The minimum atomic E-state index is -1.02. The quantitative estimate of drug-likeness (QED) is 0.721. The number of benzene rings is 1. The van der Waals surface area contributed by atoms with E-state index in [1.807, 2.05) is 6.07 Å². The number of carbonyl (C=O) groups excluding carboxylic acids is 2. The van der Waals surface area contributed by atoms with Crippen LogP contribution in [0.2, 0.25) is 0 Å². The van der Waals surface area contributed by atoms with Crippen LogP contribution in [0.3, 0.4) is 0 Å². The summed E-state index contributed by atoms with van der Waals surface area (Å²) in [5, 5.41) is 0. The maximum Gasteiger partial charge on any atom is 0.393 e. The lowest BCUT2D eigenvalue weighted by Gasteiger charge is -2.07. The van der Waals surface area contributed by atoms with Gasteiger partial charge in [-0.1, -0.05) is 37.3 Å². The lowest BCUT2D eigenvalue weighted by atomic mass is 9.97. The molecule has 0 aliphatic heterocycles. The van der Waals surface area contributed by atoms with E-state index in [2.05, 4.69) is 4.29 Å². The molecule has 14 heavy (non-hydrogen) atoms. The van der Waals surface area contributed by atoms with E-state index in [-0.39, 0.29) is 0 Å². The topological polar surface area (TPSA) is 43.4 Å². The summed E-state index contributed by atoms with van der Waals surface area (Å²) < 4.78 is 3.84. The van der Waals surface area contributed by atoms with Crippen molar-refractivity contribution in [3.05, 3.63) is 35.9 Å². The summed E-state index contributed by atoms with van der Waals surface area (Å²) in [5.41, 5.74) is 0.763. The Kier molecular flexibility index (Phi) is 3.65. The van der Waals surface area contributed by atoms with Crippen molar-refractivity contribution in [2.75, 3.05) is 0 Å². The Morgan fingerprint density at radius 3 is 2.36 bits per heavy atom. The second-order valence-corrected chi connectivity index (χ2v) is 3.02. The highest BCUT2D eigenvalue weighted by molar-refractivity contribution is 6.39. The first kappa shape index (κ1) is 10.7. The smallest absolute Gasteiger partial charge is 0.341 e. The van der Waals surface area contributed by atoms with Crippen LogP contribution in [0.5, 0.6) is 0 Å². The fraction of sp³-hybridized carbons (Fsp3) is 0.200. The number of Topliss-reactive ketones (excluding diaryl/α,β-unsaturated/α-hetero) is 1. The molecule has 1 unspecified atom stereocenters. The predicted octanol–water partition coefficient (Wildman–Crippen LogP) is 2.06. The maximum absolute atomic E-state index is 11.3. The summed E-state index contributed by atoms with van der Waals surface area (Å²) in [6.45, 7) is 1.63. The minimum absolute atomic E-state index is 0.526. The van der Waals surface area contributed by atoms with Gasteiger partial charge in [0.15, 0.2) is 0 Å². The average molecular weight is 213 g/mol. The van der Waals surface area contributed by atoms with Crippen LogP contribution in [0.1, 0.15) is 18.4 Å². The van der Waals surface area contributed by atoms with Gasteiger partial charge in [0.1, 0.15) is 11.9 Å². The summed E-state index contributed by atoms with van der Waals surface area (Å²) in [4.78, 5) is 22.1. The van der Waals surface area contributed by atoms with Crippen LogP contribution in [-0.4, -0.2) is 11.8 Å². The third-order valence-corrected chi connectivity index (χ3v) is 2.10. The zero-order chi connectivity index (χ0) is 10.6. The average Bonchev–Trinajstić information content (AvgIpc) is 2.27. The molecule has 0 radical (unpaired) electrons. The van der Waals surface area contributed by atoms with Crippen molar-refractivity contribution < 1.29 is 13.9 Å². The van der Waals surface area contributed by atoms with Crippen LogP contribution < -0.4 is 0 Å². The van der Waals surface area contributed by atoms with Crippen LogP contribution in [-0.2, 0) is 13.9 Å². The molecule has 0 heterocycles. The number of hydrogen-bond donors (Lipinski definition) is 0. The van der Waals surface area contributed by atoms with Gasteiger partial charge in [-0.25, -0.2) is 4.79 Å². The van der Waals surface area contributed by atoms with Gasteiger partial charge in [0.05, 0.1) is 5.92 Å². The fourth-order valence-electron chi connectivity index (χ4n) is 1.11. The van der Waals surface area contributed by atoms with Crippen molar-refractivity contribution in [2.24, 2.45) is 0 Å². The highest BCUT2D eigenvalue weighted by Gasteiger charge is 2.23. The van der Waals surface area contributed by atoms with E-state index in [0.29, 0.717) is 0 Å². The lowest BCUT2D eigenvalue weighted by Crippen LogP contribution is -2.20. The molecular formula is C10H9ClO3. The summed E-state index contributed by atoms with van der Waals surface area (Å²) in [6.07, 6.45) is 0. The van der Waals surface area contributed by atoms with Crippen LogP contribution in [0.15, 0.2) is 30.3 Å². The van der Waals surface area contributed by atoms with Gasteiger partial charge >= 0.3 is 5.97 Å². The molecule has 0 aliphatic rings. The Bertz CT molecular complexity index is 334. The largest absolute Gasteiger partial charge is 0.393 e. The SMILES string of the molecule is CC(C(=O)C(=O)OCl)c1ccccc1. The number of rotatable bonds is 3. The van der Waals surface area contributed by atoms with Gasteiger partial charge in [0.25, 0.3) is 0 Å². The molecular weight excluding hydrogens is 204 g/mol. The van der Waals surface area contributed by atoms with Crippen LogP contribution >= 0.6 is 11.9 Å². The van der Waals surface area contributed by atoms with Crippen molar-refractivity contribution >= 4 is 23.6 Å². The molecule has 1 aromatic carbocycles. The Balaban J connectivity index is 2.81. The highest BCUT2D eigenvalue weighted by atomic mass is 35.5. The molecule has 3 nitrogen and oxygen atoms in total. The summed E-state index contributed by atoms with van der Waals surface area (Å²) >= 11 is 4.81. The first-order valence-corrected chi connectivity index (χ1v) is 4.39. The lowest BCUT2D eigenvalue weighted by molar-refractivity contribution is -0.147. The van der Waals surface area contributed by atoms with Gasteiger partial charge in [-0.15, -0.1) is 0 Å². The molecule has 0 fully saturated rings. The zero-order valence-electron chi connectivity index (χ0n) is 7.57. The van der Waals surface area contributed by atoms with Gasteiger partial charge in [-0.05, 0) is 5.56 Å². The minimum Gasteiger partial charge on any atom is -0.341 e. The molecule has 1 rings (SSSR count). The Labute approximate surface area is 86.8 Å². The predicted molar refractivity (Wildman–Crippen MR) is 51.8 cm³/mol. The Morgan fingerprint density at radius 2 is 1.86 bits per heavy atom. The molecule has 0 bridgehead atoms. The molecule has 0 aromatic heterocycles. The normalized spacial score (nSPS) is 11.9. The Hall–Kier alpha value is -1.35. The molecule has 0 amide bonds. The first-order chi connectivity index (χ1) is 6.66. The van der Waals surface area contributed by atoms with E-state index < -0.39 is 17.7 Å². The molecule has 0 saturated heterocycles. The molecule has 1 aromatic rings. The van der Waals surface area contributed by atoms with Gasteiger partial charge < -0.3 is 4.29 Å². The van der Waals surface area contributed by atoms with Crippen molar-refractivity contribution in [2.45, 2.75) is 12.8 Å².